The van der Waals surface area contributed by atoms with Crippen LogP contribution in [0.1, 0.15) is 11.8 Å². The Balaban J connectivity index is 2.00. The second-order valence-corrected chi connectivity index (χ2v) is 4.92. The Hall–Kier alpha value is -1.55. The second kappa shape index (κ2) is 5.68. The second-order valence-electron chi connectivity index (χ2n) is 3.88. The number of thiophene rings is 1. The van der Waals surface area contributed by atoms with Crippen molar-refractivity contribution in [2.75, 3.05) is 12.4 Å². The van der Waals surface area contributed by atoms with E-state index in [9.17, 15) is 0 Å². The summed E-state index contributed by atoms with van der Waals surface area (Å²) >= 11 is 1.78. The lowest BCUT2D eigenvalue weighted by molar-refractivity contribution is 0.414. The molecule has 17 heavy (non-hydrogen) atoms. The fraction of sp³-hybridized carbons (Fsp3) is 0.308. The van der Waals surface area contributed by atoms with Crippen LogP contribution >= 0.6 is 11.3 Å². The topological polar surface area (TPSA) is 34.1 Å². The van der Waals surface area contributed by atoms with Gasteiger partial charge in [0.15, 0.2) is 11.6 Å². The van der Waals surface area contributed by atoms with E-state index in [4.69, 9.17) is 4.74 Å². The molecule has 0 saturated carbocycles. The summed E-state index contributed by atoms with van der Waals surface area (Å²) in [7, 11) is 1.66. The summed E-state index contributed by atoms with van der Waals surface area (Å²) in [5, 5.41) is 5.47. The summed E-state index contributed by atoms with van der Waals surface area (Å²) < 4.78 is 5.26. The molecule has 3 nitrogen and oxygen atoms in total. The first-order valence-electron chi connectivity index (χ1n) is 5.57. The molecule has 0 aliphatic rings. The molecule has 0 fully saturated rings. The number of hydrogen-bond acceptors (Lipinski definition) is 4. The maximum absolute atomic E-state index is 5.26. The molecule has 2 aromatic heterocycles. The van der Waals surface area contributed by atoms with Crippen LogP contribution in [-0.2, 0) is 6.42 Å². The van der Waals surface area contributed by atoms with Gasteiger partial charge in [-0.2, -0.15) is 0 Å². The van der Waals surface area contributed by atoms with Gasteiger partial charge in [0.05, 0.1) is 7.11 Å². The molecule has 0 amide bonds. The molecule has 0 saturated heterocycles. The molecule has 2 aromatic rings. The van der Waals surface area contributed by atoms with E-state index < -0.39 is 0 Å². The van der Waals surface area contributed by atoms with E-state index in [1.807, 2.05) is 12.1 Å². The van der Waals surface area contributed by atoms with Gasteiger partial charge in [0.25, 0.3) is 0 Å². The maximum atomic E-state index is 5.26. The van der Waals surface area contributed by atoms with Crippen LogP contribution < -0.4 is 10.1 Å². The monoisotopic (exact) mass is 248 g/mol. The number of pyridine rings is 1. The average Bonchev–Trinajstić information content (AvgIpc) is 2.82. The first-order valence-corrected chi connectivity index (χ1v) is 6.45. The van der Waals surface area contributed by atoms with Crippen molar-refractivity contribution in [1.29, 1.82) is 0 Å². The lowest BCUT2D eigenvalue weighted by atomic mass is 10.2. The van der Waals surface area contributed by atoms with E-state index in [-0.39, 0.29) is 0 Å². The number of methoxy groups -OCH3 is 1. The predicted molar refractivity (Wildman–Crippen MR) is 71.9 cm³/mol. The predicted octanol–water partition coefficient (Wildman–Crippen LogP) is 3.19. The Morgan fingerprint density at radius 2 is 2.29 bits per heavy atom. The highest BCUT2D eigenvalue weighted by Crippen LogP contribution is 2.22. The van der Waals surface area contributed by atoms with Gasteiger partial charge in [-0.3, -0.25) is 0 Å². The van der Waals surface area contributed by atoms with E-state index >= 15 is 0 Å². The minimum Gasteiger partial charge on any atom is -0.493 e. The molecule has 1 atom stereocenters. The van der Waals surface area contributed by atoms with Crippen LogP contribution in [0, 0.1) is 0 Å². The number of ether oxygens (including phenoxy) is 1. The van der Waals surface area contributed by atoms with Gasteiger partial charge >= 0.3 is 0 Å². The highest BCUT2D eigenvalue weighted by atomic mass is 32.1. The molecule has 0 aliphatic carbocycles. The summed E-state index contributed by atoms with van der Waals surface area (Å²) in [5.74, 6) is 1.59. The van der Waals surface area contributed by atoms with Crippen molar-refractivity contribution in [2.45, 2.75) is 19.4 Å². The molecular formula is C13H16N2OS. The number of nitrogens with one attached hydrogen (secondary N) is 1. The third kappa shape index (κ3) is 3.20. The van der Waals surface area contributed by atoms with Gasteiger partial charge in [-0.15, -0.1) is 11.3 Å². The maximum Gasteiger partial charge on any atom is 0.168 e. The van der Waals surface area contributed by atoms with Crippen LogP contribution in [0.5, 0.6) is 5.75 Å². The zero-order valence-corrected chi connectivity index (χ0v) is 10.8. The summed E-state index contributed by atoms with van der Waals surface area (Å²) in [5.41, 5.74) is 0. The average molecular weight is 248 g/mol. The summed E-state index contributed by atoms with van der Waals surface area (Å²) in [6, 6.07) is 8.34. The molecule has 0 spiro atoms. The quantitative estimate of drug-likeness (QED) is 0.882. The van der Waals surface area contributed by atoms with Crippen molar-refractivity contribution in [3.63, 3.8) is 0 Å². The third-order valence-electron chi connectivity index (χ3n) is 2.46. The minimum absolute atomic E-state index is 0.331. The molecule has 90 valence electrons. The van der Waals surface area contributed by atoms with Crippen LogP contribution in [0.25, 0.3) is 0 Å². The Kier molecular flexibility index (Phi) is 3.98. The summed E-state index contributed by atoms with van der Waals surface area (Å²) in [6.07, 6.45) is 2.76. The van der Waals surface area contributed by atoms with E-state index in [1.54, 1.807) is 24.6 Å². The van der Waals surface area contributed by atoms with Crippen LogP contribution in [0.4, 0.5) is 5.82 Å². The molecular weight excluding hydrogens is 232 g/mol. The number of aromatic nitrogens is 1. The molecule has 2 rings (SSSR count). The Labute approximate surface area is 105 Å². The Bertz CT molecular complexity index is 456. The lowest BCUT2D eigenvalue weighted by Crippen LogP contribution is -2.18. The zero-order valence-electron chi connectivity index (χ0n) is 10.0. The van der Waals surface area contributed by atoms with Gasteiger partial charge in [0.1, 0.15) is 0 Å². The van der Waals surface area contributed by atoms with Gasteiger partial charge in [-0.05, 0) is 30.5 Å². The molecule has 0 aliphatic heterocycles. The van der Waals surface area contributed by atoms with Crippen LogP contribution in [0.15, 0.2) is 35.8 Å². The van der Waals surface area contributed by atoms with Crippen molar-refractivity contribution in [1.82, 2.24) is 4.98 Å². The third-order valence-corrected chi connectivity index (χ3v) is 3.36. The summed E-state index contributed by atoms with van der Waals surface area (Å²) in [4.78, 5) is 5.66. The number of anilines is 1. The highest BCUT2D eigenvalue weighted by molar-refractivity contribution is 7.09. The first-order chi connectivity index (χ1) is 8.29. The fourth-order valence-corrected chi connectivity index (χ4v) is 2.51. The summed E-state index contributed by atoms with van der Waals surface area (Å²) in [6.45, 7) is 2.15. The number of rotatable bonds is 5. The SMILES string of the molecule is COc1cccnc1NC(C)Cc1cccs1. The molecule has 0 bridgehead atoms. The van der Waals surface area contributed by atoms with Crippen molar-refractivity contribution in [3.05, 3.63) is 40.7 Å². The molecule has 0 aromatic carbocycles. The Morgan fingerprint density at radius 3 is 3.00 bits per heavy atom. The van der Waals surface area contributed by atoms with Gasteiger partial charge < -0.3 is 10.1 Å². The smallest absolute Gasteiger partial charge is 0.168 e. The van der Waals surface area contributed by atoms with Gasteiger partial charge in [0.2, 0.25) is 0 Å². The first kappa shape index (κ1) is 11.9. The molecule has 2 heterocycles. The minimum atomic E-state index is 0.331. The number of hydrogen-bond donors (Lipinski definition) is 1. The molecule has 4 heteroatoms. The fourth-order valence-electron chi connectivity index (χ4n) is 1.68. The lowest BCUT2D eigenvalue weighted by Gasteiger charge is -2.15. The van der Waals surface area contributed by atoms with Crippen molar-refractivity contribution < 1.29 is 4.74 Å². The van der Waals surface area contributed by atoms with Gasteiger partial charge in [-0.1, -0.05) is 6.07 Å². The molecule has 1 N–H and O–H groups in total. The normalized spacial score (nSPS) is 12.1. The van der Waals surface area contributed by atoms with Crippen molar-refractivity contribution in [3.8, 4) is 5.75 Å². The van der Waals surface area contributed by atoms with E-state index in [0.29, 0.717) is 6.04 Å². The largest absolute Gasteiger partial charge is 0.493 e. The zero-order chi connectivity index (χ0) is 12.1. The van der Waals surface area contributed by atoms with Crippen LogP contribution in [0.2, 0.25) is 0 Å². The van der Waals surface area contributed by atoms with E-state index in [1.165, 1.54) is 4.88 Å². The number of nitrogens with zero attached hydrogens (tertiary/aromatic N) is 1. The van der Waals surface area contributed by atoms with Gasteiger partial charge in [-0.25, -0.2) is 4.98 Å². The molecule has 0 radical (unpaired) electrons. The van der Waals surface area contributed by atoms with E-state index in [0.717, 1.165) is 18.0 Å². The van der Waals surface area contributed by atoms with Crippen LogP contribution in [0.3, 0.4) is 0 Å². The van der Waals surface area contributed by atoms with E-state index in [2.05, 4.69) is 34.7 Å². The highest BCUT2D eigenvalue weighted by Gasteiger charge is 2.08. The standard InChI is InChI=1S/C13H16N2OS/c1-10(9-11-5-4-8-17-11)15-13-12(16-2)6-3-7-14-13/h3-8,10H,9H2,1-2H3,(H,14,15). The Morgan fingerprint density at radius 1 is 1.41 bits per heavy atom. The van der Waals surface area contributed by atoms with Crippen LogP contribution in [-0.4, -0.2) is 18.1 Å². The van der Waals surface area contributed by atoms with Crippen molar-refractivity contribution >= 4 is 17.2 Å². The van der Waals surface area contributed by atoms with Crippen molar-refractivity contribution in [2.24, 2.45) is 0 Å². The molecule has 1 unspecified atom stereocenters. The van der Waals surface area contributed by atoms with Gasteiger partial charge in [0, 0.05) is 23.5 Å².